The summed E-state index contributed by atoms with van der Waals surface area (Å²) in [6, 6.07) is 15.7. The lowest BCUT2D eigenvalue weighted by Crippen LogP contribution is -2.36. The molecule has 0 saturated carbocycles. The lowest BCUT2D eigenvalue weighted by molar-refractivity contribution is -0.131. The number of carbonyl (C=O) groups is 1. The van der Waals surface area contributed by atoms with Crippen molar-refractivity contribution in [2.24, 2.45) is 0 Å². The predicted molar refractivity (Wildman–Crippen MR) is 131 cm³/mol. The molecule has 1 amide bonds. The minimum absolute atomic E-state index is 0.104. The number of amides is 1. The highest BCUT2D eigenvalue weighted by molar-refractivity contribution is 6.30. The summed E-state index contributed by atoms with van der Waals surface area (Å²) >= 11 is 6.09. The Morgan fingerprint density at radius 1 is 1.09 bits per heavy atom. The molecule has 0 spiro atoms. The van der Waals surface area contributed by atoms with Crippen LogP contribution in [0.25, 0.3) is 28.3 Å². The Morgan fingerprint density at radius 2 is 1.85 bits per heavy atom. The van der Waals surface area contributed by atoms with Crippen LogP contribution in [0, 0.1) is 0 Å². The summed E-state index contributed by atoms with van der Waals surface area (Å²) in [6.07, 6.45) is 2.51. The summed E-state index contributed by atoms with van der Waals surface area (Å²) in [7, 11) is 4.01. The summed E-state index contributed by atoms with van der Waals surface area (Å²) in [5.41, 5.74) is 3.37. The van der Waals surface area contributed by atoms with Crippen molar-refractivity contribution >= 4 is 28.5 Å². The second kappa shape index (κ2) is 10.2. The van der Waals surface area contributed by atoms with Gasteiger partial charge in [0.1, 0.15) is 17.8 Å². The Labute approximate surface area is 198 Å². The first-order valence-corrected chi connectivity index (χ1v) is 11.4. The van der Waals surface area contributed by atoms with Gasteiger partial charge in [-0.25, -0.2) is 4.98 Å². The van der Waals surface area contributed by atoms with Crippen molar-refractivity contribution in [1.82, 2.24) is 24.3 Å². The molecule has 0 fully saturated rings. The number of oxazole rings is 1. The topological polar surface area (TPSA) is 67.4 Å². The number of aryl methyl sites for hydroxylation is 1. The number of hydrogen-bond acceptors (Lipinski definition) is 5. The van der Waals surface area contributed by atoms with Crippen LogP contribution in [0.1, 0.15) is 19.1 Å². The predicted octanol–water partition coefficient (Wildman–Crippen LogP) is 4.68. The first-order valence-electron chi connectivity index (χ1n) is 11.1. The average molecular weight is 466 g/mol. The van der Waals surface area contributed by atoms with E-state index in [1.54, 1.807) is 6.33 Å². The zero-order valence-electron chi connectivity index (χ0n) is 19.2. The monoisotopic (exact) mass is 465 g/mol. The van der Waals surface area contributed by atoms with Crippen LogP contribution in [0.2, 0.25) is 5.02 Å². The summed E-state index contributed by atoms with van der Waals surface area (Å²) < 4.78 is 8.04. The van der Waals surface area contributed by atoms with Gasteiger partial charge in [0.05, 0.1) is 11.0 Å². The Hall–Kier alpha value is -3.16. The maximum absolute atomic E-state index is 12.9. The van der Waals surface area contributed by atoms with E-state index in [2.05, 4.69) is 9.88 Å². The number of para-hydroxylation sites is 2. The van der Waals surface area contributed by atoms with Crippen molar-refractivity contribution in [2.75, 3.05) is 33.7 Å². The van der Waals surface area contributed by atoms with Crippen LogP contribution in [0.15, 0.2) is 59.3 Å². The van der Waals surface area contributed by atoms with Crippen LogP contribution in [-0.2, 0) is 11.2 Å². The average Bonchev–Trinajstić information content (AvgIpc) is 3.42. The number of likely N-dealkylation sites (N-methyl/N-ethyl adjacent to an activating group) is 2. The van der Waals surface area contributed by atoms with Crippen molar-refractivity contribution in [1.29, 1.82) is 0 Å². The quantitative estimate of drug-likeness (QED) is 0.359. The van der Waals surface area contributed by atoms with Crippen LogP contribution in [0.4, 0.5) is 0 Å². The molecule has 2 heterocycles. The Kier molecular flexibility index (Phi) is 7.11. The fourth-order valence-electron chi connectivity index (χ4n) is 3.72. The molecule has 33 heavy (non-hydrogen) atoms. The van der Waals surface area contributed by atoms with Gasteiger partial charge in [-0.15, -0.1) is 0 Å². The highest BCUT2D eigenvalue weighted by Crippen LogP contribution is 2.29. The van der Waals surface area contributed by atoms with E-state index in [0.717, 1.165) is 23.1 Å². The smallest absolute Gasteiger partial charge is 0.308 e. The Bertz CT molecular complexity index is 1230. The third-order valence-electron chi connectivity index (χ3n) is 5.58. The van der Waals surface area contributed by atoms with Gasteiger partial charge >= 0.3 is 6.01 Å². The molecule has 8 heteroatoms. The van der Waals surface area contributed by atoms with E-state index in [0.29, 0.717) is 48.4 Å². The molecule has 0 saturated heterocycles. The van der Waals surface area contributed by atoms with E-state index >= 15 is 0 Å². The van der Waals surface area contributed by atoms with E-state index in [4.69, 9.17) is 21.0 Å². The van der Waals surface area contributed by atoms with Crippen molar-refractivity contribution < 1.29 is 9.21 Å². The fourth-order valence-corrected chi connectivity index (χ4v) is 3.84. The number of rotatable bonds is 9. The maximum Gasteiger partial charge on any atom is 0.308 e. The van der Waals surface area contributed by atoms with Crippen LogP contribution in [-0.4, -0.2) is 64.0 Å². The number of nitrogens with zero attached hydrogens (tertiary/aromatic N) is 5. The molecule has 0 radical (unpaired) electrons. The van der Waals surface area contributed by atoms with E-state index in [1.807, 2.05) is 79.0 Å². The van der Waals surface area contributed by atoms with Gasteiger partial charge in [0.15, 0.2) is 0 Å². The van der Waals surface area contributed by atoms with Gasteiger partial charge in [-0.05, 0) is 45.3 Å². The molecule has 0 aliphatic carbocycles. The van der Waals surface area contributed by atoms with Gasteiger partial charge in [0, 0.05) is 43.1 Å². The number of fused-ring (bicyclic) bond motifs is 1. The lowest BCUT2D eigenvalue weighted by Gasteiger charge is -2.22. The zero-order valence-corrected chi connectivity index (χ0v) is 19.9. The van der Waals surface area contributed by atoms with Crippen molar-refractivity contribution in [3.8, 4) is 17.3 Å². The summed E-state index contributed by atoms with van der Waals surface area (Å²) in [6.45, 7) is 4.22. The molecule has 0 aliphatic heterocycles. The van der Waals surface area contributed by atoms with Crippen LogP contribution >= 0.6 is 11.6 Å². The molecule has 0 N–H and O–H groups in total. The van der Waals surface area contributed by atoms with Crippen molar-refractivity contribution in [3.05, 3.63) is 65.6 Å². The second-order valence-electron chi connectivity index (χ2n) is 8.16. The highest BCUT2D eigenvalue weighted by atomic mass is 35.5. The standard InChI is InChI=1S/C25H28ClN5O2/c1-4-30(16-15-29(2)3)23(32)14-13-22-24(18-9-11-19(26)12-10-18)28-25(33-22)31-17-27-20-7-5-6-8-21(20)31/h5-12,17H,4,13-16H2,1-3H3. The molecule has 172 valence electrons. The number of imidazole rings is 1. The molecule has 2 aromatic heterocycles. The summed E-state index contributed by atoms with van der Waals surface area (Å²) in [4.78, 5) is 26.1. The molecule has 7 nitrogen and oxygen atoms in total. The SMILES string of the molecule is CCN(CCN(C)C)C(=O)CCc1oc(-n2cnc3ccccc32)nc1-c1ccc(Cl)cc1. The largest absolute Gasteiger partial charge is 0.427 e. The van der Waals surface area contributed by atoms with Crippen LogP contribution in [0.5, 0.6) is 0 Å². The van der Waals surface area contributed by atoms with E-state index < -0.39 is 0 Å². The molecule has 0 atom stereocenters. The molecule has 4 aromatic rings. The second-order valence-corrected chi connectivity index (χ2v) is 8.59. The third kappa shape index (κ3) is 5.26. The molecule has 2 aromatic carbocycles. The molecular formula is C25H28ClN5O2. The number of aromatic nitrogens is 3. The van der Waals surface area contributed by atoms with Gasteiger partial charge in [-0.1, -0.05) is 35.9 Å². The van der Waals surface area contributed by atoms with Gasteiger partial charge in [-0.3, -0.25) is 9.36 Å². The minimum atomic E-state index is 0.104. The van der Waals surface area contributed by atoms with E-state index in [-0.39, 0.29) is 5.91 Å². The molecular weight excluding hydrogens is 438 g/mol. The number of hydrogen-bond donors (Lipinski definition) is 0. The number of halogens is 1. The maximum atomic E-state index is 12.9. The van der Waals surface area contributed by atoms with E-state index in [9.17, 15) is 4.79 Å². The molecule has 0 unspecified atom stereocenters. The normalized spacial score (nSPS) is 11.4. The molecule has 0 bridgehead atoms. The number of benzene rings is 2. The van der Waals surface area contributed by atoms with Crippen molar-refractivity contribution in [2.45, 2.75) is 19.8 Å². The van der Waals surface area contributed by atoms with Gasteiger partial charge < -0.3 is 14.2 Å². The summed E-state index contributed by atoms with van der Waals surface area (Å²) in [5, 5.41) is 0.652. The zero-order chi connectivity index (χ0) is 23.4. The fraction of sp³-hybridized carbons (Fsp3) is 0.320. The first-order chi connectivity index (χ1) is 16.0. The highest BCUT2D eigenvalue weighted by Gasteiger charge is 2.20. The van der Waals surface area contributed by atoms with Gasteiger partial charge in [-0.2, -0.15) is 4.98 Å². The Morgan fingerprint density at radius 3 is 2.58 bits per heavy atom. The van der Waals surface area contributed by atoms with Crippen LogP contribution < -0.4 is 0 Å². The minimum Gasteiger partial charge on any atom is -0.427 e. The first kappa shape index (κ1) is 23.0. The molecule has 0 aliphatic rings. The third-order valence-corrected chi connectivity index (χ3v) is 5.83. The Balaban J connectivity index is 1.63. The van der Waals surface area contributed by atoms with Gasteiger partial charge in [0.2, 0.25) is 5.91 Å². The van der Waals surface area contributed by atoms with Crippen molar-refractivity contribution in [3.63, 3.8) is 0 Å². The van der Waals surface area contributed by atoms with E-state index in [1.165, 1.54) is 0 Å². The number of carbonyl (C=O) groups excluding carboxylic acids is 1. The lowest BCUT2D eigenvalue weighted by atomic mass is 10.1. The van der Waals surface area contributed by atoms with Crippen LogP contribution in [0.3, 0.4) is 0 Å². The van der Waals surface area contributed by atoms with Gasteiger partial charge in [0.25, 0.3) is 0 Å². The molecule has 4 rings (SSSR count). The summed E-state index contributed by atoms with van der Waals surface area (Å²) in [5.74, 6) is 0.773.